The lowest BCUT2D eigenvalue weighted by Crippen LogP contribution is -2.25. The summed E-state index contributed by atoms with van der Waals surface area (Å²) >= 11 is 5.61. The fourth-order valence-electron chi connectivity index (χ4n) is 4.45. The highest BCUT2D eigenvalue weighted by molar-refractivity contribution is 7.71. The average molecular weight is 472 g/mol. The normalized spacial score (nSPS) is 11.2. The van der Waals surface area contributed by atoms with Crippen LogP contribution >= 0.6 is 12.2 Å². The van der Waals surface area contributed by atoms with Crippen molar-refractivity contribution < 1.29 is 0 Å². The predicted molar refractivity (Wildman–Crippen MR) is 145 cm³/mol. The number of nitrogen functional groups attached to an aromatic ring is 1. The molecule has 184 valence electrons. The van der Waals surface area contributed by atoms with E-state index in [1.165, 1.54) is 96.0 Å². The molecular weight excluding hydrogens is 426 g/mol. The molecule has 0 saturated carbocycles. The van der Waals surface area contributed by atoms with Gasteiger partial charge in [-0.1, -0.05) is 121 Å². The van der Waals surface area contributed by atoms with Crippen LogP contribution in [0.5, 0.6) is 0 Å². The van der Waals surface area contributed by atoms with Gasteiger partial charge in [-0.2, -0.15) is 0 Å². The van der Waals surface area contributed by atoms with Crippen molar-refractivity contribution in [1.29, 1.82) is 0 Å². The highest BCUT2D eigenvalue weighted by Crippen LogP contribution is 2.15. The van der Waals surface area contributed by atoms with E-state index in [-0.39, 0.29) is 5.56 Å². The van der Waals surface area contributed by atoms with E-state index in [4.69, 9.17) is 18.0 Å². The third-order valence-electron chi connectivity index (χ3n) is 6.47. The molecule has 2 rings (SSSR count). The first-order valence-corrected chi connectivity index (χ1v) is 13.7. The number of hydrogen-bond acceptors (Lipinski definition) is 3. The summed E-state index contributed by atoms with van der Waals surface area (Å²) in [5.74, 6) is 0.388. The molecule has 0 atom stereocenters. The maximum Gasteiger partial charge on any atom is 0.256 e. The number of anilines is 1. The van der Waals surface area contributed by atoms with E-state index < -0.39 is 0 Å². The van der Waals surface area contributed by atoms with Gasteiger partial charge in [-0.15, -0.1) is 0 Å². The van der Waals surface area contributed by atoms with Crippen LogP contribution in [0.25, 0.3) is 5.69 Å². The van der Waals surface area contributed by atoms with Crippen LogP contribution in [0.1, 0.15) is 110 Å². The first-order chi connectivity index (χ1) is 16.1. The summed E-state index contributed by atoms with van der Waals surface area (Å²) in [5.41, 5.74) is 6.88. The Balaban J connectivity index is 1.56. The molecule has 0 aliphatic heterocycles. The molecule has 0 fully saturated rings. The molecule has 0 amide bonds. The number of unbranched alkanes of at least 4 members (excludes halogenated alkanes) is 15. The number of nitrogens with zero attached hydrogens (tertiary/aromatic N) is 2. The van der Waals surface area contributed by atoms with Crippen molar-refractivity contribution in [2.75, 3.05) is 5.73 Å². The summed E-state index contributed by atoms with van der Waals surface area (Å²) in [7, 11) is 0. The van der Waals surface area contributed by atoms with Crippen molar-refractivity contribution in [1.82, 2.24) is 9.13 Å². The number of para-hydroxylation sites is 1. The monoisotopic (exact) mass is 471 g/mol. The van der Waals surface area contributed by atoms with Crippen LogP contribution in [0.3, 0.4) is 0 Å². The smallest absolute Gasteiger partial charge is 0.256 e. The van der Waals surface area contributed by atoms with Crippen LogP contribution < -0.4 is 11.3 Å². The van der Waals surface area contributed by atoms with Crippen molar-refractivity contribution in [2.45, 2.75) is 116 Å². The molecule has 0 saturated heterocycles. The van der Waals surface area contributed by atoms with Gasteiger partial charge in [-0.3, -0.25) is 13.9 Å². The molecule has 0 aliphatic carbocycles. The lowest BCUT2D eigenvalue weighted by atomic mass is 10.0. The summed E-state index contributed by atoms with van der Waals surface area (Å²) in [6, 6.07) is 11.2. The minimum atomic E-state index is -0.106. The predicted octanol–water partition coefficient (Wildman–Crippen LogP) is 8.21. The minimum absolute atomic E-state index is 0.106. The van der Waals surface area contributed by atoms with Crippen molar-refractivity contribution >= 4 is 18.0 Å². The lowest BCUT2D eigenvalue weighted by Gasteiger charge is -2.15. The van der Waals surface area contributed by atoms with Crippen LogP contribution in [0.4, 0.5) is 5.82 Å². The SMILES string of the molecule is CCCCCCCCCCCCCCCCCCn1c(=O)cc(N)n(-c2ccccc2)c1=S. The Morgan fingerprint density at radius 3 is 1.67 bits per heavy atom. The van der Waals surface area contributed by atoms with Crippen LogP contribution in [-0.2, 0) is 6.54 Å². The maximum atomic E-state index is 12.4. The van der Waals surface area contributed by atoms with Crippen LogP contribution in [0, 0.1) is 4.77 Å². The summed E-state index contributed by atoms with van der Waals surface area (Å²) in [5, 5.41) is 0. The number of hydrogen-bond donors (Lipinski definition) is 1. The molecule has 5 heteroatoms. The van der Waals surface area contributed by atoms with Gasteiger partial charge in [0, 0.05) is 18.3 Å². The molecule has 0 radical (unpaired) electrons. The molecule has 2 N–H and O–H groups in total. The standard InChI is InChI=1S/C28H45N3OS/c1-2-3-4-5-6-7-8-9-10-11-12-13-14-15-16-20-23-30-27(32)24-26(29)31(28(30)33)25-21-18-17-19-22-25/h17-19,21-22,24H,2-16,20,23,29H2,1H3. The Morgan fingerprint density at radius 2 is 1.18 bits per heavy atom. The summed E-state index contributed by atoms with van der Waals surface area (Å²) in [6.45, 7) is 2.94. The van der Waals surface area contributed by atoms with Gasteiger partial charge in [0.15, 0.2) is 4.77 Å². The molecule has 0 spiro atoms. The lowest BCUT2D eigenvalue weighted by molar-refractivity contribution is 0.514. The number of rotatable bonds is 18. The topological polar surface area (TPSA) is 52.9 Å². The highest BCUT2D eigenvalue weighted by Gasteiger charge is 2.08. The molecule has 0 bridgehead atoms. The van der Waals surface area contributed by atoms with E-state index in [2.05, 4.69) is 6.92 Å². The quantitative estimate of drug-likeness (QED) is 0.176. The summed E-state index contributed by atoms with van der Waals surface area (Å²) < 4.78 is 3.94. The molecule has 1 heterocycles. The first kappa shape index (κ1) is 27.4. The molecule has 1 aromatic carbocycles. The van der Waals surface area contributed by atoms with E-state index in [1.807, 2.05) is 30.3 Å². The second-order valence-corrected chi connectivity index (χ2v) is 9.68. The van der Waals surface area contributed by atoms with Crippen LogP contribution in [0.2, 0.25) is 0 Å². The van der Waals surface area contributed by atoms with E-state index >= 15 is 0 Å². The molecule has 33 heavy (non-hydrogen) atoms. The number of aromatic nitrogens is 2. The summed E-state index contributed by atoms with van der Waals surface area (Å²) in [4.78, 5) is 12.4. The van der Waals surface area contributed by atoms with E-state index in [0.29, 0.717) is 17.1 Å². The van der Waals surface area contributed by atoms with Gasteiger partial charge < -0.3 is 5.73 Å². The maximum absolute atomic E-state index is 12.4. The first-order valence-electron chi connectivity index (χ1n) is 13.3. The average Bonchev–Trinajstić information content (AvgIpc) is 2.81. The zero-order valence-electron chi connectivity index (χ0n) is 20.8. The Kier molecular flexibility index (Phi) is 13.8. The second-order valence-electron chi connectivity index (χ2n) is 9.32. The van der Waals surface area contributed by atoms with Gasteiger partial charge in [-0.05, 0) is 30.8 Å². The van der Waals surface area contributed by atoms with Gasteiger partial charge in [-0.25, -0.2) is 0 Å². The number of benzene rings is 1. The molecule has 0 aliphatic rings. The van der Waals surface area contributed by atoms with Crippen molar-refractivity contribution in [3.05, 3.63) is 51.5 Å². The van der Waals surface area contributed by atoms with Gasteiger partial charge in [0.05, 0.1) is 0 Å². The number of nitrogens with two attached hydrogens (primary N) is 1. The van der Waals surface area contributed by atoms with E-state index in [0.717, 1.165) is 18.5 Å². The van der Waals surface area contributed by atoms with E-state index in [1.54, 1.807) is 9.13 Å². The van der Waals surface area contributed by atoms with Gasteiger partial charge >= 0.3 is 0 Å². The molecule has 2 aromatic rings. The Morgan fingerprint density at radius 1 is 0.727 bits per heavy atom. The third kappa shape index (κ3) is 10.3. The Hall–Kier alpha value is -1.88. The third-order valence-corrected chi connectivity index (χ3v) is 6.87. The van der Waals surface area contributed by atoms with Crippen LogP contribution in [0.15, 0.2) is 41.2 Å². The van der Waals surface area contributed by atoms with Gasteiger partial charge in [0.1, 0.15) is 5.82 Å². The molecule has 0 unspecified atom stereocenters. The largest absolute Gasteiger partial charge is 0.385 e. The van der Waals surface area contributed by atoms with Crippen molar-refractivity contribution in [2.24, 2.45) is 0 Å². The van der Waals surface area contributed by atoms with Gasteiger partial charge in [0.2, 0.25) is 0 Å². The van der Waals surface area contributed by atoms with E-state index in [9.17, 15) is 4.79 Å². The van der Waals surface area contributed by atoms with Crippen molar-refractivity contribution in [3.8, 4) is 5.69 Å². The van der Waals surface area contributed by atoms with Crippen LogP contribution in [-0.4, -0.2) is 9.13 Å². The zero-order valence-corrected chi connectivity index (χ0v) is 21.6. The fraction of sp³-hybridized carbons (Fsp3) is 0.643. The zero-order chi connectivity index (χ0) is 23.7. The minimum Gasteiger partial charge on any atom is -0.385 e. The Bertz CT molecular complexity index is 888. The van der Waals surface area contributed by atoms with Gasteiger partial charge in [0.25, 0.3) is 5.56 Å². The fourth-order valence-corrected chi connectivity index (χ4v) is 4.85. The Labute approximate surface area is 206 Å². The second kappa shape index (κ2) is 16.7. The highest BCUT2D eigenvalue weighted by atomic mass is 32.1. The summed E-state index contributed by atoms with van der Waals surface area (Å²) in [6.07, 6.45) is 21.4. The molecular formula is C28H45N3OS. The molecule has 4 nitrogen and oxygen atoms in total. The van der Waals surface area contributed by atoms with Crippen molar-refractivity contribution in [3.63, 3.8) is 0 Å². The molecule has 1 aromatic heterocycles.